The normalized spacial score (nSPS) is 19.2. The molecule has 2 unspecified atom stereocenters. The molecule has 20 heavy (non-hydrogen) atoms. The van der Waals surface area contributed by atoms with Crippen LogP contribution in [0.3, 0.4) is 0 Å². The largest absolute Gasteiger partial charge is 0.480 e. The van der Waals surface area contributed by atoms with Gasteiger partial charge in [0.2, 0.25) is 5.88 Å². The van der Waals surface area contributed by atoms with Crippen molar-refractivity contribution >= 4 is 0 Å². The second-order valence-corrected chi connectivity index (χ2v) is 5.09. The maximum absolute atomic E-state index is 10.7. The maximum atomic E-state index is 10.7. The van der Waals surface area contributed by atoms with E-state index < -0.39 is 6.10 Å². The Balaban J connectivity index is 1.97. The Labute approximate surface area is 118 Å². The molecule has 1 aliphatic carbocycles. The number of nitrogens with zero attached hydrogens (tertiary/aromatic N) is 2. The summed E-state index contributed by atoms with van der Waals surface area (Å²) in [5.74, 6) is 0.466. The minimum atomic E-state index is -0.680. The van der Waals surface area contributed by atoms with Crippen LogP contribution in [0.5, 0.6) is 5.88 Å². The number of benzene rings is 1. The smallest absolute Gasteiger partial charge is 0.238 e. The third kappa shape index (κ3) is 2.27. The molecule has 2 atom stereocenters. The van der Waals surface area contributed by atoms with Crippen LogP contribution in [0.4, 0.5) is 0 Å². The molecule has 0 amide bonds. The monoisotopic (exact) mass is 270 g/mol. The van der Waals surface area contributed by atoms with Crippen LogP contribution < -0.4 is 4.74 Å². The summed E-state index contributed by atoms with van der Waals surface area (Å²) in [4.78, 5) is 8.38. The first-order valence-corrected chi connectivity index (χ1v) is 6.92. The number of fused-ring (bicyclic) bond motifs is 1. The van der Waals surface area contributed by atoms with Gasteiger partial charge in [-0.1, -0.05) is 24.3 Å². The molecule has 1 aliphatic rings. The lowest BCUT2D eigenvalue weighted by Crippen LogP contribution is -2.18. The molecule has 0 saturated carbocycles. The van der Waals surface area contributed by atoms with E-state index in [0.717, 1.165) is 19.3 Å². The maximum Gasteiger partial charge on any atom is 0.238 e. The molecule has 2 aromatic rings. The van der Waals surface area contributed by atoms with Crippen LogP contribution in [-0.4, -0.2) is 22.2 Å². The van der Waals surface area contributed by atoms with Gasteiger partial charge in [-0.2, -0.15) is 0 Å². The summed E-state index contributed by atoms with van der Waals surface area (Å²) in [6, 6.07) is 8.32. The van der Waals surface area contributed by atoms with E-state index in [1.54, 1.807) is 19.5 Å². The lowest BCUT2D eigenvalue weighted by molar-refractivity contribution is 0.127. The molecular weight excluding hydrogens is 252 g/mol. The van der Waals surface area contributed by atoms with Gasteiger partial charge in [0.1, 0.15) is 11.8 Å². The summed E-state index contributed by atoms with van der Waals surface area (Å²) in [7, 11) is 1.55. The number of aliphatic hydroxyl groups is 1. The summed E-state index contributed by atoms with van der Waals surface area (Å²) >= 11 is 0. The molecule has 4 heteroatoms. The van der Waals surface area contributed by atoms with Crippen molar-refractivity contribution in [3.63, 3.8) is 0 Å². The van der Waals surface area contributed by atoms with Crippen molar-refractivity contribution in [2.24, 2.45) is 0 Å². The van der Waals surface area contributed by atoms with E-state index in [1.807, 2.05) is 6.07 Å². The Morgan fingerprint density at radius 1 is 1.25 bits per heavy atom. The Morgan fingerprint density at radius 3 is 2.90 bits per heavy atom. The quantitative estimate of drug-likeness (QED) is 0.931. The van der Waals surface area contributed by atoms with E-state index >= 15 is 0 Å². The van der Waals surface area contributed by atoms with Crippen LogP contribution >= 0.6 is 0 Å². The summed E-state index contributed by atoms with van der Waals surface area (Å²) in [6.07, 6.45) is 5.61. The van der Waals surface area contributed by atoms with Crippen molar-refractivity contribution < 1.29 is 9.84 Å². The van der Waals surface area contributed by atoms with Gasteiger partial charge in [0.05, 0.1) is 7.11 Å². The standard InChI is InChI=1S/C16H18N2O2/c1-20-16-14(17-9-10-18-16)15(19)13-8-4-6-11-5-2-3-7-12(11)13/h2-3,5,7,9-10,13,15,19H,4,6,8H2,1H3. The fraction of sp³-hybridized carbons (Fsp3) is 0.375. The number of aromatic nitrogens is 2. The van der Waals surface area contributed by atoms with Gasteiger partial charge in [-0.3, -0.25) is 4.98 Å². The average Bonchev–Trinajstić information content (AvgIpc) is 2.53. The lowest BCUT2D eigenvalue weighted by atomic mass is 9.79. The zero-order chi connectivity index (χ0) is 13.9. The van der Waals surface area contributed by atoms with Crippen LogP contribution in [0.15, 0.2) is 36.7 Å². The van der Waals surface area contributed by atoms with E-state index in [2.05, 4.69) is 28.2 Å². The second-order valence-electron chi connectivity index (χ2n) is 5.09. The van der Waals surface area contributed by atoms with E-state index in [-0.39, 0.29) is 5.92 Å². The zero-order valence-electron chi connectivity index (χ0n) is 11.5. The summed E-state index contributed by atoms with van der Waals surface area (Å²) in [6.45, 7) is 0. The number of methoxy groups -OCH3 is 1. The average molecular weight is 270 g/mol. The number of aryl methyl sites for hydroxylation is 1. The molecule has 1 N–H and O–H groups in total. The fourth-order valence-corrected chi connectivity index (χ4v) is 3.01. The Bertz CT molecular complexity index is 601. The number of hydrogen-bond donors (Lipinski definition) is 1. The highest BCUT2D eigenvalue weighted by Crippen LogP contribution is 2.41. The molecule has 0 aliphatic heterocycles. The van der Waals surface area contributed by atoms with Gasteiger partial charge in [-0.15, -0.1) is 0 Å². The zero-order valence-corrected chi connectivity index (χ0v) is 11.5. The lowest BCUT2D eigenvalue weighted by Gasteiger charge is -2.29. The first-order chi connectivity index (χ1) is 9.81. The Kier molecular flexibility index (Phi) is 3.65. The number of ether oxygens (including phenoxy) is 1. The number of aliphatic hydroxyl groups excluding tert-OH is 1. The van der Waals surface area contributed by atoms with Crippen molar-refractivity contribution in [3.05, 3.63) is 53.5 Å². The predicted octanol–water partition coefficient (Wildman–Crippen LogP) is 2.64. The third-order valence-corrected chi connectivity index (χ3v) is 3.96. The first kappa shape index (κ1) is 13.1. The van der Waals surface area contributed by atoms with E-state index in [9.17, 15) is 5.11 Å². The van der Waals surface area contributed by atoms with Crippen LogP contribution in [0.25, 0.3) is 0 Å². The minimum Gasteiger partial charge on any atom is -0.480 e. The van der Waals surface area contributed by atoms with Gasteiger partial charge in [0, 0.05) is 18.3 Å². The fourth-order valence-electron chi connectivity index (χ4n) is 3.01. The Hall–Kier alpha value is -1.94. The van der Waals surface area contributed by atoms with Crippen molar-refractivity contribution in [2.75, 3.05) is 7.11 Å². The van der Waals surface area contributed by atoms with E-state index in [4.69, 9.17) is 4.74 Å². The molecule has 1 aromatic carbocycles. The van der Waals surface area contributed by atoms with Crippen molar-refractivity contribution in [3.8, 4) is 5.88 Å². The number of rotatable bonds is 3. The van der Waals surface area contributed by atoms with Gasteiger partial charge in [-0.25, -0.2) is 4.98 Å². The van der Waals surface area contributed by atoms with Crippen molar-refractivity contribution in [1.29, 1.82) is 0 Å². The topological polar surface area (TPSA) is 55.2 Å². The molecule has 1 heterocycles. The van der Waals surface area contributed by atoms with Crippen LogP contribution in [0, 0.1) is 0 Å². The van der Waals surface area contributed by atoms with Gasteiger partial charge >= 0.3 is 0 Å². The highest BCUT2D eigenvalue weighted by atomic mass is 16.5. The Morgan fingerprint density at radius 2 is 2.05 bits per heavy atom. The minimum absolute atomic E-state index is 0.0607. The molecule has 0 spiro atoms. The highest BCUT2D eigenvalue weighted by Gasteiger charge is 2.30. The van der Waals surface area contributed by atoms with Crippen molar-refractivity contribution in [2.45, 2.75) is 31.3 Å². The van der Waals surface area contributed by atoms with Crippen LogP contribution in [-0.2, 0) is 6.42 Å². The first-order valence-electron chi connectivity index (χ1n) is 6.92. The van der Waals surface area contributed by atoms with Gasteiger partial charge < -0.3 is 9.84 Å². The molecule has 0 bridgehead atoms. The molecule has 0 radical (unpaired) electrons. The SMILES string of the molecule is COc1nccnc1C(O)C1CCCc2ccccc21. The molecule has 1 aromatic heterocycles. The van der Waals surface area contributed by atoms with E-state index in [1.165, 1.54) is 11.1 Å². The third-order valence-electron chi connectivity index (χ3n) is 3.96. The predicted molar refractivity (Wildman–Crippen MR) is 75.7 cm³/mol. The molecule has 3 rings (SSSR count). The number of hydrogen-bond acceptors (Lipinski definition) is 4. The second kappa shape index (κ2) is 5.59. The van der Waals surface area contributed by atoms with Crippen molar-refractivity contribution in [1.82, 2.24) is 9.97 Å². The molecular formula is C16H18N2O2. The van der Waals surface area contributed by atoms with Crippen LogP contribution in [0.1, 0.15) is 41.7 Å². The molecule has 104 valence electrons. The molecule has 4 nitrogen and oxygen atoms in total. The summed E-state index contributed by atoms with van der Waals surface area (Å²) < 4.78 is 5.21. The molecule has 0 saturated heterocycles. The molecule has 0 fully saturated rings. The van der Waals surface area contributed by atoms with Crippen LogP contribution in [0.2, 0.25) is 0 Å². The summed E-state index contributed by atoms with van der Waals surface area (Å²) in [5, 5.41) is 10.7. The summed E-state index contributed by atoms with van der Waals surface area (Å²) in [5.41, 5.74) is 3.07. The van der Waals surface area contributed by atoms with Gasteiger partial charge in [0.15, 0.2) is 0 Å². The highest BCUT2D eigenvalue weighted by molar-refractivity contribution is 5.35. The van der Waals surface area contributed by atoms with Gasteiger partial charge in [-0.05, 0) is 30.4 Å². The van der Waals surface area contributed by atoms with E-state index in [0.29, 0.717) is 11.6 Å². The van der Waals surface area contributed by atoms with Gasteiger partial charge in [0.25, 0.3) is 0 Å².